The minimum Gasteiger partial charge on any atom is -0.298 e. The maximum atomic E-state index is 13.7. The molecule has 4 heteroatoms. The molecule has 0 fully saturated rings. The van der Waals surface area contributed by atoms with Gasteiger partial charge in [-0.1, -0.05) is 17.8 Å². The first-order valence-electron chi connectivity index (χ1n) is 5.46. The van der Waals surface area contributed by atoms with Crippen molar-refractivity contribution in [2.45, 2.75) is 23.8 Å². The van der Waals surface area contributed by atoms with E-state index >= 15 is 0 Å². The molecule has 0 bridgehead atoms. The number of carbonyl (C=O) groups excluding carboxylic acids is 1. The Morgan fingerprint density at radius 2 is 2.00 bits per heavy atom. The van der Waals surface area contributed by atoms with Crippen LogP contribution in [0.1, 0.15) is 21.6 Å². The van der Waals surface area contributed by atoms with E-state index in [9.17, 15) is 9.18 Å². The number of carbonyl (C=O) groups is 1. The second-order valence-electron chi connectivity index (χ2n) is 4.03. The van der Waals surface area contributed by atoms with E-state index in [-0.39, 0.29) is 0 Å². The van der Waals surface area contributed by atoms with E-state index in [0.717, 1.165) is 16.3 Å². The van der Waals surface area contributed by atoms with Gasteiger partial charge in [-0.15, -0.1) is 0 Å². The molecule has 18 heavy (non-hydrogen) atoms. The number of halogens is 1. The van der Waals surface area contributed by atoms with Gasteiger partial charge >= 0.3 is 0 Å². The SMILES string of the molecule is Cc1cc(C)nc(Sc2ccc(C=O)cc2F)c1. The smallest absolute Gasteiger partial charge is 0.150 e. The molecule has 0 N–H and O–H groups in total. The fraction of sp³-hybridized carbons (Fsp3) is 0.143. The van der Waals surface area contributed by atoms with Gasteiger partial charge in [0, 0.05) is 16.2 Å². The number of benzene rings is 1. The van der Waals surface area contributed by atoms with Crippen molar-refractivity contribution in [1.82, 2.24) is 4.98 Å². The van der Waals surface area contributed by atoms with E-state index in [1.54, 1.807) is 12.1 Å². The van der Waals surface area contributed by atoms with Gasteiger partial charge in [0.05, 0.1) is 0 Å². The first-order chi connectivity index (χ1) is 8.58. The van der Waals surface area contributed by atoms with Crippen LogP contribution in [-0.2, 0) is 0 Å². The maximum Gasteiger partial charge on any atom is 0.150 e. The lowest BCUT2D eigenvalue weighted by Gasteiger charge is -2.05. The predicted octanol–water partition coefficient (Wildman–Crippen LogP) is 3.80. The highest BCUT2D eigenvalue weighted by Gasteiger charge is 2.07. The monoisotopic (exact) mass is 261 g/mol. The number of hydrogen-bond donors (Lipinski definition) is 0. The highest BCUT2D eigenvalue weighted by Crippen LogP contribution is 2.29. The van der Waals surface area contributed by atoms with Crippen molar-refractivity contribution >= 4 is 18.0 Å². The number of nitrogens with zero attached hydrogens (tertiary/aromatic N) is 1. The van der Waals surface area contributed by atoms with Gasteiger partial charge in [-0.3, -0.25) is 4.79 Å². The van der Waals surface area contributed by atoms with E-state index in [0.29, 0.717) is 16.7 Å². The van der Waals surface area contributed by atoms with Gasteiger partial charge in [0.1, 0.15) is 17.1 Å². The zero-order valence-corrected chi connectivity index (χ0v) is 10.9. The minimum atomic E-state index is -0.398. The Bertz CT molecular complexity index is 578. The summed E-state index contributed by atoms with van der Waals surface area (Å²) in [6.45, 7) is 3.88. The van der Waals surface area contributed by atoms with E-state index in [1.165, 1.54) is 17.8 Å². The van der Waals surface area contributed by atoms with Gasteiger partial charge in [-0.2, -0.15) is 0 Å². The van der Waals surface area contributed by atoms with Crippen molar-refractivity contribution in [3.8, 4) is 0 Å². The quantitative estimate of drug-likeness (QED) is 0.787. The first kappa shape index (κ1) is 12.8. The molecule has 0 spiro atoms. The molecule has 2 nitrogen and oxygen atoms in total. The lowest BCUT2D eigenvalue weighted by molar-refractivity contribution is 0.112. The molecule has 1 aromatic heterocycles. The average molecular weight is 261 g/mol. The molecule has 0 saturated heterocycles. The first-order valence-corrected chi connectivity index (χ1v) is 6.28. The summed E-state index contributed by atoms with van der Waals surface area (Å²) >= 11 is 1.26. The number of aryl methyl sites for hydroxylation is 2. The Hall–Kier alpha value is -1.68. The van der Waals surface area contributed by atoms with E-state index in [2.05, 4.69) is 4.98 Å². The third-order valence-electron chi connectivity index (χ3n) is 2.38. The van der Waals surface area contributed by atoms with Crippen LogP contribution in [0.5, 0.6) is 0 Å². The van der Waals surface area contributed by atoms with E-state index < -0.39 is 5.82 Å². The second kappa shape index (κ2) is 5.31. The fourth-order valence-electron chi connectivity index (χ4n) is 1.64. The van der Waals surface area contributed by atoms with Crippen LogP contribution in [0.15, 0.2) is 40.3 Å². The van der Waals surface area contributed by atoms with Crippen molar-refractivity contribution in [2.24, 2.45) is 0 Å². The summed E-state index contributed by atoms with van der Waals surface area (Å²) in [6, 6.07) is 8.31. The van der Waals surface area contributed by atoms with Gasteiger partial charge in [0.25, 0.3) is 0 Å². The molecule has 0 aliphatic rings. The van der Waals surface area contributed by atoms with Crippen molar-refractivity contribution in [1.29, 1.82) is 0 Å². The Morgan fingerprint density at radius 1 is 1.22 bits per heavy atom. The minimum absolute atomic E-state index is 0.338. The molecule has 1 aromatic carbocycles. The number of hydrogen-bond acceptors (Lipinski definition) is 3. The zero-order valence-electron chi connectivity index (χ0n) is 10.1. The Labute approximate surface area is 109 Å². The highest BCUT2D eigenvalue weighted by atomic mass is 32.2. The summed E-state index contributed by atoms with van der Waals surface area (Å²) in [5.41, 5.74) is 2.34. The summed E-state index contributed by atoms with van der Waals surface area (Å²) in [5.74, 6) is -0.398. The van der Waals surface area contributed by atoms with Gasteiger partial charge in [0.15, 0.2) is 0 Å². The fourth-order valence-corrected chi connectivity index (χ4v) is 2.59. The summed E-state index contributed by atoms with van der Waals surface area (Å²) < 4.78 is 13.7. The molecule has 0 unspecified atom stereocenters. The van der Waals surface area contributed by atoms with Crippen LogP contribution >= 0.6 is 11.8 Å². The Morgan fingerprint density at radius 3 is 2.61 bits per heavy atom. The molecule has 2 rings (SSSR count). The summed E-state index contributed by atoms with van der Waals surface area (Å²) in [5, 5.41) is 0.755. The second-order valence-corrected chi connectivity index (χ2v) is 5.10. The highest BCUT2D eigenvalue weighted by molar-refractivity contribution is 7.99. The van der Waals surface area contributed by atoms with Gasteiger partial charge < -0.3 is 0 Å². The third-order valence-corrected chi connectivity index (χ3v) is 3.35. The van der Waals surface area contributed by atoms with Crippen molar-refractivity contribution in [3.63, 3.8) is 0 Å². The molecule has 0 amide bonds. The van der Waals surface area contributed by atoms with Crippen LogP contribution in [0, 0.1) is 19.7 Å². The van der Waals surface area contributed by atoms with Gasteiger partial charge in [-0.25, -0.2) is 9.37 Å². The van der Waals surface area contributed by atoms with Gasteiger partial charge in [0.2, 0.25) is 0 Å². The predicted molar refractivity (Wildman–Crippen MR) is 69.6 cm³/mol. The van der Waals surface area contributed by atoms with E-state index in [1.807, 2.05) is 26.0 Å². The van der Waals surface area contributed by atoms with Crippen LogP contribution in [0.2, 0.25) is 0 Å². The maximum absolute atomic E-state index is 13.7. The van der Waals surface area contributed by atoms with Crippen molar-refractivity contribution in [3.05, 3.63) is 53.0 Å². The third kappa shape index (κ3) is 2.96. The van der Waals surface area contributed by atoms with Crippen LogP contribution in [0.25, 0.3) is 0 Å². The molecule has 0 saturated carbocycles. The molecule has 1 heterocycles. The van der Waals surface area contributed by atoms with Crippen LogP contribution in [0.4, 0.5) is 4.39 Å². The zero-order chi connectivity index (χ0) is 13.1. The molecule has 0 aliphatic heterocycles. The van der Waals surface area contributed by atoms with Crippen molar-refractivity contribution < 1.29 is 9.18 Å². The lowest BCUT2D eigenvalue weighted by Crippen LogP contribution is -1.89. The largest absolute Gasteiger partial charge is 0.298 e. The molecule has 0 aliphatic carbocycles. The molecule has 2 aromatic rings. The average Bonchev–Trinajstić information content (AvgIpc) is 2.30. The molecule has 0 radical (unpaired) electrons. The molecule has 0 atom stereocenters. The number of aldehydes is 1. The Balaban J connectivity index is 2.31. The summed E-state index contributed by atoms with van der Waals surface area (Å²) in [4.78, 5) is 15.3. The lowest BCUT2D eigenvalue weighted by atomic mass is 10.2. The normalized spacial score (nSPS) is 10.4. The van der Waals surface area contributed by atoms with Crippen molar-refractivity contribution in [2.75, 3.05) is 0 Å². The van der Waals surface area contributed by atoms with Crippen LogP contribution in [0.3, 0.4) is 0 Å². The number of aromatic nitrogens is 1. The number of pyridine rings is 1. The summed E-state index contributed by atoms with van der Waals surface area (Å²) in [6.07, 6.45) is 0.632. The molecular formula is C14H12FNOS. The molecule has 92 valence electrons. The summed E-state index contributed by atoms with van der Waals surface area (Å²) in [7, 11) is 0. The van der Waals surface area contributed by atoms with Gasteiger partial charge in [-0.05, 0) is 43.7 Å². The Kier molecular flexibility index (Phi) is 3.77. The van der Waals surface area contributed by atoms with E-state index in [4.69, 9.17) is 0 Å². The van der Waals surface area contributed by atoms with Crippen LogP contribution < -0.4 is 0 Å². The topological polar surface area (TPSA) is 30.0 Å². The standard InChI is InChI=1S/C14H12FNOS/c1-9-5-10(2)16-14(6-9)18-13-4-3-11(8-17)7-12(13)15/h3-8H,1-2H3. The van der Waals surface area contributed by atoms with Crippen LogP contribution in [-0.4, -0.2) is 11.3 Å². The molecular weight excluding hydrogens is 249 g/mol. The number of rotatable bonds is 3.